The summed E-state index contributed by atoms with van der Waals surface area (Å²) in [5.41, 5.74) is 0.523. The molecule has 0 heterocycles. The summed E-state index contributed by atoms with van der Waals surface area (Å²) >= 11 is 0. The maximum atomic E-state index is 13.3. The van der Waals surface area contributed by atoms with Crippen molar-refractivity contribution in [2.75, 3.05) is 0 Å². The second-order valence-corrected chi connectivity index (χ2v) is 8.23. The highest BCUT2D eigenvalue weighted by Crippen LogP contribution is 2.55. The van der Waals surface area contributed by atoms with Crippen LogP contribution in [0.3, 0.4) is 0 Å². The van der Waals surface area contributed by atoms with Crippen LogP contribution in [0, 0.1) is 23.7 Å². The van der Waals surface area contributed by atoms with Crippen molar-refractivity contribution in [3.8, 4) is 5.75 Å². The van der Waals surface area contributed by atoms with Crippen LogP contribution >= 0.6 is 0 Å². The van der Waals surface area contributed by atoms with Crippen LogP contribution in [-0.4, -0.2) is 50.0 Å². The SMILES string of the molecule is C[C@@]1(O)c2cccc(O)c2C(=O)C2C(=O)C3(O)C(=O)C(C(N)=O)C(=O)CC3CC21. The molecule has 9 nitrogen and oxygen atoms in total. The summed E-state index contributed by atoms with van der Waals surface area (Å²) < 4.78 is 0. The monoisotopic (exact) mass is 401 g/mol. The molecule has 0 aliphatic heterocycles. The fourth-order valence-electron chi connectivity index (χ4n) is 5.23. The molecule has 0 bridgehead atoms. The minimum absolute atomic E-state index is 0.130. The van der Waals surface area contributed by atoms with Crippen LogP contribution in [0.5, 0.6) is 5.75 Å². The highest BCUT2D eigenvalue weighted by Gasteiger charge is 2.68. The van der Waals surface area contributed by atoms with Crippen LogP contribution in [0.2, 0.25) is 0 Å². The van der Waals surface area contributed by atoms with E-state index < -0.39 is 76.1 Å². The van der Waals surface area contributed by atoms with Crippen LogP contribution in [0.1, 0.15) is 35.7 Å². The number of ketones is 4. The lowest BCUT2D eigenvalue weighted by molar-refractivity contribution is -0.182. The van der Waals surface area contributed by atoms with Gasteiger partial charge in [0.2, 0.25) is 5.91 Å². The maximum absolute atomic E-state index is 13.3. The van der Waals surface area contributed by atoms with Crippen molar-refractivity contribution in [1.29, 1.82) is 0 Å². The summed E-state index contributed by atoms with van der Waals surface area (Å²) in [6.07, 6.45) is -0.633. The van der Waals surface area contributed by atoms with Gasteiger partial charge in [-0.05, 0) is 25.0 Å². The van der Waals surface area contributed by atoms with E-state index in [-0.39, 0.29) is 17.5 Å². The Hall–Kier alpha value is -2.91. The van der Waals surface area contributed by atoms with E-state index >= 15 is 0 Å². The minimum Gasteiger partial charge on any atom is -0.507 e. The Morgan fingerprint density at radius 3 is 2.41 bits per heavy atom. The first-order valence-corrected chi connectivity index (χ1v) is 9.16. The molecule has 9 heteroatoms. The summed E-state index contributed by atoms with van der Waals surface area (Å²) in [5.74, 6) is -11.6. The van der Waals surface area contributed by atoms with E-state index in [4.69, 9.17) is 5.73 Å². The average Bonchev–Trinajstić information content (AvgIpc) is 2.62. The zero-order chi connectivity index (χ0) is 21.5. The first kappa shape index (κ1) is 19.4. The first-order chi connectivity index (χ1) is 13.4. The number of primary amides is 1. The Bertz CT molecular complexity index is 1010. The third-order valence-electron chi connectivity index (χ3n) is 6.72. The number of phenols is 1. The second-order valence-electron chi connectivity index (χ2n) is 8.23. The Balaban J connectivity index is 1.89. The van der Waals surface area contributed by atoms with Crippen LogP contribution < -0.4 is 5.73 Å². The van der Waals surface area contributed by atoms with Gasteiger partial charge in [-0.15, -0.1) is 0 Å². The van der Waals surface area contributed by atoms with Gasteiger partial charge in [-0.2, -0.15) is 0 Å². The summed E-state index contributed by atoms with van der Waals surface area (Å²) in [5, 5.41) is 32.4. The van der Waals surface area contributed by atoms with Crippen molar-refractivity contribution in [2.24, 2.45) is 29.4 Å². The third kappa shape index (κ3) is 2.25. The maximum Gasteiger partial charge on any atom is 0.235 e. The zero-order valence-corrected chi connectivity index (χ0v) is 15.4. The molecule has 3 aliphatic carbocycles. The number of carbonyl (C=O) groups excluding carboxylic acids is 5. The molecule has 1 aromatic rings. The summed E-state index contributed by atoms with van der Waals surface area (Å²) in [7, 11) is 0. The van der Waals surface area contributed by atoms with Crippen molar-refractivity contribution in [3.05, 3.63) is 29.3 Å². The number of rotatable bonds is 1. The largest absolute Gasteiger partial charge is 0.507 e. The van der Waals surface area contributed by atoms with Gasteiger partial charge in [0, 0.05) is 18.3 Å². The van der Waals surface area contributed by atoms with Crippen molar-refractivity contribution in [1.82, 2.24) is 0 Å². The van der Waals surface area contributed by atoms with Gasteiger partial charge in [0.15, 0.2) is 34.7 Å². The number of aromatic hydroxyl groups is 1. The summed E-state index contributed by atoms with van der Waals surface area (Å²) in [6, 6.07) is 4.13. The highest BCUT2D eigenvalue weighted by atomic mass is 16.3. The standard InChI is InChI=1S/C20H19NO8/c1-19(28)8-3-2-4-10(22)12(8)15(24)13-9(19)5-7-6-11(23)14(18(21)27)17(26)20(7,29)16(13)25/h2-4,7,9,13-14,22,28-29H,5-6H2,1H3,(H2,21,27)/t7?,9?,13?,14?,19-,20?/m1/s1. The van der Waals surface area contributed by atoms with Gasteiger partial charge >= 0.3 is 0 Å². The van der Waals surface area contributed by atoms with Gasteiger partial charge in [0.1, 0.15) is 5.75 Å². The fourth-order valence-corrected chi connectivity index (χ4v) is 5.23. The number of Topliss-reactive ketones (excluding diaryl/α,β-unsaturated/α-hetero) is 4. The molecule has 3 aliphatic rings. The molecule has 2 saturated carbocycles. The van der Waals surface area contributed by atoms with Crippen LogP contribution in [0.15, 0.2) is 18.2 Å². The number of amides is 1. The normalized spacial score (nSPS) is 38.9. The molecule has 0 spiro atoms. The van der Waals surface area contributed by atoms with Crippen molar-refractivity contribution in [2.45, 2.75) is 31.0 Å². The van der Waals surface area contributed by atoms with Gasteiger partial charge < -0.3 is 21.1 Å². The lowest BCUT2D eigenvalue weighted by atomic mass is 9.51. The predicted octanol–water partition coefficient (Wildman–Crippen LogP) is -1.01. The van der Waals surface area contributed by atoms with E-state index in [9.17, 15) is 39.3 Å². The number of nitrogens with two attached hydrogens (primary N) is 1. The molecule has 5 N–H and O–H groups in total. The third-order valence-corrected chi connectivity index (χ3v) is 6.72. The molecule has 5 unspecified atom stereocenters. The number of hydrogen-bond donors (Lipinski definition) is 4. The Labute approximate surface area is 164 Å². The number of carbonyl (C=O) groups is 5. The lowest BCUT2D eigenvalue weighted by Crippen LogP contribution is -2.69. The number of benzene rings is 1. The van der Waals surface area contributed by atoms with Gasteiger partial charge in [0.25, 0.3) is 0 Å². The van der Waals surface area contributed by atoms with Crippen molar-refractivity contribution < 1.29 is 39.3 Å². The summed E-state index contributed by atoms with van der Waals surface area (Å²) in [6.45, 7) is 1.38. The van der Waals surface area contributed by atoms with Crippen molar-refractivity contribution >= 4 is 29.0 Å². The molecule has 0 saturated heterocycles. The molecular weight excluding hydrogens is 382 g/mol. The minimum atomic E-state index is -2.73. The van der Waals surface area contributed by atoms with E-state index in [0.29, 0.717) is 0 Å². The Morgan fingerprint density at radius 1 is 1.14 bits per heavy atom. The average molecular weight is 401 g/mol. The number of fused-ring (bicyclic) bond motifs is 3. The number of hydrogen-bond acceptors (Lipinski definition) is 8. The molecule has 0 radical (unpaired) electrons. The van der Waals surface area contributed by atoms with E-state index in [1.54, 1.807) is 0 Å². The zero-order valence-electron chi connectivity index (χ0n) is 15.4. The van der Waals surface area contributed by atoms with Gasteiger partial charge in [0.05, 0.1) is 17.1 Å². The Kier molecular flexibility index (Phi) is 3.88. The van der Waals surface area contributed by atoms with Gasteiger partial charge in [-0.1, -0.05) is 12.1 Å². The second kappa shape index (κ2) is 5.80. The molecule has 6 atom stereocenters. The van der Waals surface area contributed by atoms with E-state index in [1.165, 1.54) is 25.1 Å². The molecular formula is C20H19NO8. The van der Waals surface area contributed by atoms with Crippen LogP contribution in [0.4, 0.5) is 0 Å². The molecule has 4 rings (SSSR count). The fraction of sp³-hybridized carbons (Fsp3) is 0.450. The molecule has 29 heavy (non-hydrogen) atoms. The van der Waals surface area contributed by atoms with Gasteiger partial charge in [-0.25, -0.2) is 0 Å². The lowest BCUT2D eigenvalue weighted by Gasteiger charge is -2.52. The predicted molar refractivity (Wildman–Crippen MR) is 94.4 cm³/mol. The van der Waals surface area contributed by atoms with Crippen LogP contribution in [-0.2, 0) is 24.8 Å². The molecule has 0 aromatic heterocycles. The molecule has 152 valence electrons. The molecule has 2 fully saturated rings. The highest BCUT2D eigenvalue weighted by molar-refractivity contribution is 6.31. The van der Waals surface area contributed by atoms with E-state index in [0.717, 1.165) is 0 Å². The topological polar surface area (TPSA) is 172 Å². The number of phenolic OH excluding ortho intramolecular Hbond substituents is 1. The quantitative estimate of drug-likeness (QED) is 0.433. The van der Waals surface area contributed by atoms with E-state index in [1.807, 2.05) is 0 Å². The Morgan fingerprint density at radius 2 is 1.79 bits per heavy atom. The van der Waals surface area contributed by atoms with Crippen LogP contribution in [0.25, 0.3) is 0 Å². The van der Waals surface area contributed by atoms with Gasteiger partial charge in [-0.3, -0.25) is 24.0 Å². The first-order valence-electron chi connectivity index (χ1n) is 9.16. The molecule has 1 aromatic carbocycles. The summed E-state index contributed by atoms with van der Waals surface area (Å²) in [4.78, 5) is 63.0. The van der Waals surface area contributed by atoms with E-state index in [2.05, 4.69) is 0 Å². The van der Waals surface area contributed by atoms with Crippen molar-refractivity contribution in [3.63, 3.8) is 0 Å². The smallest absolute Gasteiger partial charge is 0.235 e. The number of aliphatic hydroxyl groups is 2. The molecule has 1 amide bonds.